The van der Waals surface area contributed by atoms with Crippen molar-refractivity contribution in [3.63, 3.8) is 0 Å². The van der Waals surface area contributed by atoms with E-state index in [-0.39, 0.29) is 17.5 Å². The van der Waals surface area contributed by atoms with Crippen LogP contribution in [0.4, 0.5) is 4.39 Å². The number of hydrogen-bond acceptors (Lipinski definition) is 2. The highest BCUT2D eigenvalue weighted by molar-refractivity contribution is 9.10. The topological polar surface area (TPSA) is 35.2 Å². The van der Waals surface area contributed by atoms with Crippen LogP contribution in [0.1, 0.15) is 51.0 Å². The molecule has 1 atom stereocenters. The molecule has 0 heterocycles. The third kappa shape index (κ3) is 4.27. The Kier molecular flexibility index (Phi) is 6.20. The fourth-order valence-corrected chi connectivity index (χ4v) is 3.86. The van der Waals surface area contributed by atoms with Crippen LogP contribution in [0.5, 0.6) is 0 Å². The molecule has 0 radical (unpaired) electrons. The van der Waals surface area contributed by atoms with Crippen LogP contribution in [0.2, 0.25) is 0 Å². The van der Waals surface area contributed by atoms with E-state index >= 15 is 0 Å². The van der Waals surface area contributed by atoms with Gasteiger partial charge in [-0.15, -0.1) is 0 Å². The van der Waals surface area contributed by atoms with Gasteiger partial charge in [0, 0.05) is 17.1 Å². The molecule has 2 N–H and O–H groups in total. The first kappa shape index (κ1) is 16.9. The molecule has 21 heavy (non-hydrogen) atoms. The SMILES string of the molecule is CCOC1(C(N)Cc2ccc(F)cc2Br)CCCCCC1. The van der Waals surface area contributed by atoms with Crippen molar-refractivity contribution in [2.45, 2.75) is 63.5 Å². The van der Waals surface area contributed by atoms with Crippen LogP contribution in [0, 0.1) is 5.82 Å². The Morgan fingerprint density at radius 3 is 2.52 bits per heavy atom. The maximum absolute atomic E-state index is 13.2. The second kappa shape index (κ2) is 7.70. The second-order valence-electron chi connectivity index (χ2n) is 5.96. The lowest BCUT2D eigenvalue weighted by Gasteiger charge is -2.38. The van der Waals surface area contributed by atoms with Crippen molar-refractivity contribution in [1.29, 1.82) is 0 Å². The van der Waals surface area contributed by atoms with E-state index in [1.54, 1.807) is 0 Å². The highest BCUT2D eigenvalue weighted by atomic mass is 79.9. The van der Waals surface area contributed by atoms with E-state index in [0.29, 0.717) is 13.0 Å². The van der Waals surface area contributed by atoms with E-state index in [2.05, 4.69) is 15.9 Å². The average molecular weight is 358 g/mol. The predicted molar refractivity (Wildman–Crippen MR) is 87.8 cm³/mol. The largest absolute Gasteiger partial charge is 0.374 e. The van der Waals surface area contributed by atoms with Gasteiger partial charge in [-0.25, -0.2) is 4.39 Å². The van der Waals surface area contributed by atoms with Gasteiger partial charge in [0.2, 0.25) is 0 Å². The summed E-state index contributed by atoms with van der Waals surface area (Å²) in [6.45, 7) is 2.73. The molecule has 0 aromatic heterocycles. The molecule has 4 heteroatoms. The molecule has 0 aliphatic heterocycles. The molecule has 1 unspecified atom stereocenters. The van der Waals surface area contributed by atoms with Crippen LogP contribution in [-0.2, 0) is 11.2 Å². The van der Waals surface area contributed by atoms with E-state index in [1.165, 1.54) is 37.8 Å². The van der Waals surface area contributed by atoms with Gasteiger partial charge >= 0.3 is 0 Å². The number of rotatable bonds is 5. The van der Waals surface area contributed by atoms with E-state index in [4.69, 9.17) is 10.5 Å². The Morgan fingerprint density at radius 1 is 1.29 bits per heavy atom. The van der Waals surface area contributed by atoms with Crippen molar-refractivity contribution >= 4 is 15.9 Å². The molecular weight excluding hydrogens is 333 g/mol. The summed E-state index contributed by atoms with van der Waals surface area (Å²) in [6, 6.07) is 4.75. The highest BCUT2D eigenvalue weighted by Gasteiger charge is 2.37. The minimum Gasteiger partial charge on any atom is -0.374 e. The average Bonchev–Trinajstić information content (AvgIpc) is 2.69. The third-order valence-electron chi connectivity index (χ3n) is 4.51. The number of ether oxygens (including phenoxy) is 1. The highest BCUT2D eigenvalue weighted by Crippen LogP contribution is 2.34. The fraction of sp³-hybridized carbons (Fsp3) is 0.647. The van der Waals surface area contributed by atoms with Gasteiger partial charge in [0.15, 0.2) is 0 Å². The molecule has 1 aromatic rings. The molecule has 0 saturated heterocycles. The summed E-state index contributed by atoms with van der Waals surface area (Å²) in [7, 11) is 0. The first-order valence-electron chi connectivity index (χ1n) is 7.91. The zero-order valence-corrected chi connectivity index (χ0v) is 14.3. The summed E-state index contributed by atoms with van der Waals surface area (Å²) in [5, 5.41) is 0. The summed E-state index contributed by atoms with van der Waals surface area (Å²) in [5.41, 5.74) is 7.36. The molecular formula is C17H25BrFNO. The molecule has 2 nitrogen and oxygen atoms in total. The predicted octanol–water partition coefficient (Wildman–Crippen LogP) is 4.59. The standard InChI is InChI=1S/C17H25BrFNO/c1-2-21-17(9-5-3-4-6-10-17)16(20)11-13-7-8-14(19)12-15(13)18/h7-8,12,16H,2-6,9-11,20H2,1H3. The van der Waals surface area contributed by atoms with Gasteiger partial charge in [0.25, 0.3) is 0 Å². The first-order valence-corrected chi connectivity index (χ1v) is 8.70. The smallest absolute Gasteiger partial charge is 0.124 e. The minimum atomic E-state index is -0.229. The van der Waals surface area contributed by atoms with Crippen molar-refractivity contribution in [2.75, 3.05) is 6.61 Å². The Hall–Kier alpha value is -0.450. The van der Waals surface area contributed by atoms with Crippen LogP contribution >= 0.6 is 15.9 Å². The number of nitrogens with two attached hydrogens (primary N) is 1. The van der Waals surface area contributed by atoms with Crippen molar-refractivity contribution in [3.05, 3.63) is 34.1 Å². The number of halogens is 2. The minimum absolute atomic E-state index is 0.0580. The first-order chi connectivity index (χ1) is 10.1. The number of hydrogen-bond donors (Lipinski definition) is 1. The zero-order valence-electron chi connectivity index (χ0n) is 12.7. The van der Waals surface area contributed by atoms with Crippen molar-refractivity contribution in [3.8, 4) is 0 Å². The van der Waals surface area contributed by atoms with Crippen LogP contribution in [0.25, 0.3) is 0 Å². The van der Waals surface area contributed by atoms with Crippen molar-refractivity contribution in [2.24, 2.45) is 5.73 Å². The number of benzene rings is 1. The van der Waals surface area contributed by atoms with Gasteiger partial charge in [-0.3, -0.25) is 0 Å². The van der Waals surface area contributed by atoms with Crippen LogP contribution < -0.4 is 5.73 Å². The van der Waals surface area contributed by atoms with Crippen molar-refractivity contribution < 1.29 is 9.13 Å². The summed E-state index contributed by atoms with van der Waals surface area (Å²) in [4.78, 5) is 0. The molecule has 0 spiro atoms. The maximum Gasteiger partial charge on any atom is 0.124 e. The maximum atomic E-state index is 13.2. The molecule has 1 saturated carbocycles. The quantitative estimate of drug-likeness (QED) is 0.782. The Morgan fingerprint density at radius 2 is 1.95 bits per heavy atom. The van der Waals surface area contributed by atoms with Gasteiger partial charge in [-0.05, 0) is 43.9 Å². The molecule has 1 aromatic carbocycles. The van der Waals surface area contributed by atoms with E-state index in [1.807, 2.05) is 13.0 Å². The molecule has 1 aliphatic rings. The van der Waals surface area contributed by atoms with Gasteiger partial charge in [0.05, 0.1) is 5.60 Å². The summed E-state index contributed by atoms with van der Waals surface area (Å²) < 4.78 is 20.1. The normalized spacial score (nSPS) is 20.0. The molecule has 1 aliphatic carbocycles. The summed E-state index contributed by atoms with van der Waals surface area (Å²) in [6.07, 6.45) is 7.66. The van der Waals surface area contributed by atoms with Gasteiger partial charge in [-0.1, -0.05) is 47.7 Å². The molecule has 1 fully saturated rings. The van der Waals surface area contributed by atoms with E-state index < -0.39 is 0 Å². The van der Waals surface area contributed by atoms with Gasteiger partial charge in [-0.2, -0.15) is 0 Å². The zero-order chi connectivity index (χ0) is 15.3. The van der Waals surface area contributed by atoms with Crippen LogP contribution in [-0.4, -0.2) is 18.2 Å². The lowest BCUT2D eigenvalue weighted by molar-refractivity contribution is -0.0683. The van der Waals surface area contributed by atoms with E-state index in [0.717, 1.165) is 22.9 Å². The lowest BCUT2D eigenvalue weighted by atomic mass is 9.83. The summed E-state index contributed by atoms with van der Waals surface area (Å²) in [5.74, 6) is -0.229. The van der Waals surface area contributed by atoms with Gasteiger partial charge < -0.3 is 10.5 Å². The second-order valence-corrected chi connectivity index (χ2v) is 6.81. The molecule has 0 amide bonds. The van der Waals surface area contributed by atoms with Crippen LogP contribution in [0.3, 0.4) is 0 Å². The Labute approximate surface area is 135 Å². The fourth-order valence-electron chi connectivity index (χ4n) is 3.35. The summed E-state index contributed by atoms with van der Waals surface area (Å²) >= 11 is 3.44. The molecule has 2 rings (SSSR count). The Bertz CT molecular complexity index is 458. The van der Waals surface area contributed by atoms with E-state index in [9.17, 15) is 4.39 Å². The molecule has 0 bridgehead atoms. The molecule has 118 valence electrons. The third-order valence-corrected chi connectivity index (χ3v) is 5.25. The van der Waals surface area contributed by atoms with Crippen LogP contribution in [0.15, 0.2) is 22.7 Å². The van der Waals surface area contributed by atoms with Gasteiger partial charge in [0.1, 0.15) is 5.82 Å². The van der Waals surface area contributed by atoms with Crippen molar-refractivity contribution in [1.82, 2.24) is 0 Å². The lowest BCUT2D eigenvalue weighted by Crippen LogP contribution is -2.51. The Balaban J connectivity index is 2.15. The monoisotopic (exact) mass is 357 g/mol.